The standard InChI is InChI=1S/C23H19BrN2O3/c1-2-3-7-14-8-4-5-9-15(14)21(27)25-26-22(28)17-11-6-10-16-19(24)13-12-18(20(16)17)23(26)29/h4-6,8-13H,2-3,7H2,1H3,(H,25,27). The molecule has 1 N–H and O–H groups in total. The molecule has 0 aliphatic carbocycles. The first kappa shape index (κ1) is 19.3. The van der Waals surface area contributed by atoms with Gasteiger partial charge in [0, 0.05) is 15.4 Å². The number of hydrazine groups is 1. The number of aryl methyl sites for hydroxylation is 1. The van der Waals surface area contributed by atoms with Gasteiger partial charge in [-0.05, 0) is 48.1 Å². The fourth-order valence-electron chi connectivity index (χ4n) is 3.65. The van der Waals surface area contributed by atoms with Crippen LogP contribution in [-0.2, 0) is 6.42 Å². The third-order valence-electron chi connectivity index (χ3n) is 5.13. The Bertz CT molecular complexity index is 1130. The molecule has 1 aliphatic heterocycles. The van der Waals surface area contributed by atoms with Gasteiger partial charge in [-0.2, -0.15) is 5.01 Å². The lowest BCUT2D eigenvalue weighted by atomic mass is 9.95. The summed E-state index contributed by atoms with van der Waals surface area (Å²) in [7, 11) is 0. The molecule has 0 fully saturated rings. The molecule has 6 heteroatoms. The zero-order valence-corrected chi connectivity index (χ0v) is 17.5. The van der Waals surface area contributed by atoms with E-state index in [0.717, 1.165) is 39.7 Å². The fourth-order valence-corrected chi connectivity index (χ4v) is 4.11. The number of carbonyl (C=O) groups is 3. The first-order valence-corrected chi connectivity index (χ1v) is 10.3. The van der Waals surface area contributed by atoms with Gasteiger partial charge in [-0.1, -0.05) is 59.6 Å². The molecule has 0 atom stereocenters. The highest BCUT2D eigenvalue weighted by molar-refractivity contribution is 9.10. The highest BCUT2D eigenvalue weighted by atomic mass is 79.9. The van der Waals surface area contributed by atoms with Crippen LogP contribution in [0.4, 0.5) is 0 Å². The first-order valence-electron chi connectivity index (χ1n) is 9.51. The molecule has 29 heavy (non-hydrogen) atoms. The number of carbonyl (C=O) groups excluding carboxylic acids is 3. The lowest BCUT2D eigenvalue weighted by Gasteiger charge is -2.27. The largest absolute Gasteiger partial charge is 0.280 e. The summed E-state index contributed by atoms with van der Waals surface area (Å²) in [5.41, 5.74) is 4.68. The van der Waals surface area contributed by atoms with Crippen molar-refractivity contribution < 1.29 is 14.4 Å². The van der Waals surface area contributed by atoms with Crippen molar-refractivity contribution in [3.8, 4) is 0 Å². The molecule has 3 amide bonds. The Morgan fingerprint density at radius 1 is 0.966 bits per heavy atom. The predicted octanol–water partition coefficient (Wildman–Crippen LogP) is 4.89. The van der Waals surface area contributed by atoms with E-state index in [4.69, 9.17) is 0 Å². The lowest BCUT2D eigenvalue weighted by Crippen LogP contribution is -2.51. The van der Waals surface area contributed by atoms with Crippen LogP contribution in [0.25, 0.3) is 10.8 Å². The van der Waals surface area contributed by atoms with Gasteiger partial charge in [-0.15, -0.1) is 0 Å². The van der Waals surface area contributed by atoms with E-state index in [9.17, 15) is 14.4 Å². The van der Waals surface area contributed by atoms with E-state index in [0.29, 0.717) is 22.1 Å². The van der Waals surface area contributed by atoms with E-state index in [1.54, 1.807) is 36.4 Å². The summed E-state index contributed by atoms with van der Waals surface area (Å²) in [5, 5.41) is 2.22. The molecule has 0 unspecified atom stereocenters. The Morgan fingerprint density at radius 2 is 1.69 bits per heavy atom. The van der Waals surface area contributed by atoms with E-state index in [2.05, 4.69) is 28.3 Å². The summed E-state index contributed by atoms with van der Waals surface area (Å²) in [6.45, 7) is 2.09. The Balaban J connectivity index is 1.69. The zero-order chi connectivity index (χ0) is 20.5. The van der Waals surface area contributed by atoms with Gasteiger partial charge < -0.3 is 0 Å². The fraction of sp³-hybridized carbons (Fsp3) is 0.174. The van der Waals surface area contributed by atoms with Crippen LogP contribution in [0, 0.1) is 0 Å². The van der Waals surface area contributed by atoms with E-state index in [1.807, 2.05) is 18.2 Å². The molecule has 0 aromatic heterocycles. The van der Waals surface area contributed by atoms with Crippen LogP contribution in [-0.4, -0.2) is 22.7 Å². The minimum Gasteiger partial charge on any atom is -0.267 e. The summed E-state index contributed by atoms with van der Waals surface area (Å²) in [5.74, 6) is -1.54. The van der Waals surface area contributed by atoms with Gasteiger partial charge in [0.25, 0.3) is 17.7 Å². The molecule has 3 aromatic rings. The molecule has 1 heterocycles. The first-order chi connectivity index (χ1) is 14.0. The smallest absolute Gasteiger partial charge is 0.267 e. The highest BCUT2D eigenvalue weighted by Crippen LogP contribution is 2.33. The second-order valence-electron chi connectivity index (χ2n) is 6.97. The SMILES string of the molecule is CCCCc1ccccc1C(=O)NN1C(=O)c2cccc3c(Br)ccc(c23)C1=O. The number of hydrogen-bond donors (Lipinski definition) is 1. The normalized spacial score (nSPS) is 13.1. The Kier molecular flexibility index (Phi) is 5.20. The van der Waals surface area contributed by atoms with Crippen LogP contribution >= 0.6 is 15.9 Å². The van der Waals surface area contributed by atoms with Crippen LogP contribution in [0.2, 0.25) is 0 Å². The van der Waals surface area contributed by atoms with Crippen LogP contribution in [0.5, 0.6) is 0 Å². The van der Waals surface area contributed by atoms with E-state index in [1.165, 1.54) is 0 Å². The molecule has 146 valence electrons. The topological polar surface area (TPSA) is 66.5 Å². The minimum atomic E-state index is -0.536. The van der Waals surface area contributed by atoms with Gasteiger partial charge in [-0.3, -0.25) is 19.8 Å². The summed E-state index contributed by atoms with van der Waals surface area (Å²) < 4.78 is 0.807. The van der Waals surface area contributed by atoms with Crippen LogP contribution in [0.15, 0.2) is 59.1 Å². The lowest BCUT2D eigenvalue weighted by molar-refractivity contribution is 0.0478. The molecule has 0 spiro atoms. The van der Waals surface area contributed by atoms with Gasteiger partial charge in [0.1, 0.15) is 0 Å². The minimum absolute atomic E-state index is 0.387. The number of rotatable bonds is 5. The van der Waals surface area contributed by atoms with Gasteiger partial charge in [0.2, 0.25) is 0 Å². The molecular formula is C23H19BrN2O3. The zero-order valence-electron chi connectivity index (χ0n) is 15.9. The Morgan fingerprint density at radius 3 is 2.45 bits per heavy atom. The van der Waals surface area contributed by atoms with Crippen molar-refractivity contribution in [1.82, 2.24) is 10.4 Å². The van der Waals surface area contributed by atoms with Crippen molar-refractivity contribution in [2.24, 2.45) is 0 Å². The summed E-state index contributed by atoms with van der Waals surface area (Å²) in [4.78, 5) is 39.0. The molecule has 1 aliphatic rings. The third-order valence-corrected chi connectivity index (χ3v) is 5.82. The predicted molar refractivity (Wildman–Crippen MR) is 115 cm³/mol. The number of nitrogens with one attached hydrogen (secondary N) is 1. The maximum absolute atomic E-state index is 13.0. The number of imide groups is 1. The summed E-state index contributed by atoms with van der Waals surface area (Å²) >= 11 is 3.47. The number of unbranched alkanes of at least 4 members (excludes halogenated alkanes) is 1. The molecule has 5 nitrogen and oxygen atoms in total. The number of hydrogen-bond acceptors (Lipinski definition) is 3. The number of amides is 3. The van der Waals surface area contributed by atoms with Crippen molar-refractivity contribution in [2.45, 2.75) is 26.2 Å². The molecule has 0 saturated carbocycles. The number of benzene rings is 3. The third kappa shape index (κ3) is 3.34. The molecule has 3 aromatic carbocycles. The average molecular weight is 451 g/mol. The van der Waals surface area contributed by atoms with Crippen LogP contribution in [0.3, 0.4) is 0 Å². The van der Waals surface area contributed by atoms with Gasteiger partial charge in [-0.25, -0.2) is 0 Å². The van der Waals surface area contributed by atoms with Crippen molar-refractivity contribution in [3.63, 3.8) is 0 Å². The van der Waals surface area contributed by atoms with E-state index in [-0.39, 0.29) is 0 Å². The van der Waals surface area contributed by atoms with Crippen molar-refractivity contribution >= 4 is 44.4 Å². The van der Waals surface area contributed by atoms with Crippen LogP contribution in [0.1, 0.15) is 56.4 Å². The van der Waals surface area contributed by atoms with Crippen molar-refractivity contribution in [1.29, 1.82) is 0 Å². The molecule has 0 saturated heterocycles. The average Bonchev–Trinajstić information content (AvgIpc) is 2.74. The van der Waals surface area contributed by atoms with Gasteiger partial charge in [0.15, 0.2) is 0 Å². The molecule has 0 radical (unpaired) electrons. The number of halogens is 1. The molecule has 4 rings (SSSR count). The van der Waals surface area contributed by atoms with E-state index >= 15 is 0 Å². The molecular weight excluding hydrogens is 432 g/mol. The van der Waals surface area contributed by atoms with Crippen molar-refractivity contribution in [3.05, 3.63) is 81.3 Å². The summed E-state index contributed by atoms with van der Waals surface area (Å²) in [6.07, 6.45) is 2.73. The Hall–Kier alpha value is -2.99. The van der Waals surface area contributed by atoms with Gasteiger partial charge >= 0.3 is 0 Å². The summed E-state index contributed by atoms with van der Waals surface area (Å²) in [6, 6.07) is 16.0. The van der Waals surface area contributed by atoms with E-state index < -0.39 is 17.7 Å². The quantitative estimate of drug-likeness (QED) is 0.562. The number of nitrogens with zero attached hydrogens (tertiary/aromatic N) is 1. The van der Waals surface area contributed by atoms with Crippen LogP contribution < -0.4 is 5.43 Å². The maximum Gasteiger partial charge on any atom is 0.280 e. The molecule has 0 bridgehead atoms. The highest BCUT2D eigenvalue weighted by Gasteiger charge is 2.34. The second-order valence-corrected chi connectivity index (χ2v) is 7.82. The van der Waals surface area contributed by atoms with Gasteiger partial charge in [0.05, 0.1) is 11.1 Å². The Labute approximate surface area is 176 Å². The second kappa shape index (κ2) is 7.79. The maximum atomic E-state index is 13.0. The van der Waals surface area contributed by atoms with Crippen molar-refractivity contribution in [2.75, 3.05) is 0 Å². The monoisotopic (exact) mass is 450 g/mol.